The summed E-state index contributed by atoms with van der Waals surface area (Å²) in [7, 11) is 1.56. The highest BCUT2D eigenvalue weighted by Crippen LogP contribution is 2.62. The van der Waals surface area contributed by atoms with Crippen LogP contribution in [0.15, 0.2) is 65.9 Å². The third kappa shape index (κ3) is 9.58. The molecule has 6 unspecified atom stereocenters. The van der Waals surface area contributed by atoms with Crippen molar-refractivity contribution in [3.8, 4) is 17.2 Å². The van der Waals surface area contributed by atoms with Gasteiger partial charge < -0.3 is 34.0 Å². The normalized spacial score (nSPS) is 24.9. The fraction of sp³-hybridized carbons (Fsp3) is 0.600. The molecule has 10 nitrogen and oxygen atoms in total. The summed E-state index contributed by atoms with van der Waals surface area (Å²) in [6.45, 7) is 17.5. The molecule has 3 aliphatic rings. The van der Waals surface area contributed by atoms with Crippen LogP contribution in [0.25, 0.3) is 0 Å². The van der Waals surface area contributed by atoms with Crippen LogP contribution < -0.4 is 9.47 Å². The first kappa shape index (κ1) is 42.3. The molecule has 2 aromatic carbocycles. The average molecular weight is 761 g/mol. The number of oxime groups is 1. The number of rotatable bonds is 18. The molecule has 1 aliphatic heterocycles. The lowest BCUT2D eigenvalue weighted by Crippen LogP contribution is -2.70. The average Bonchev–Trinajstić information content (AvgIpc) is 3.15. The largest absolute Gasteiger partial charge is 0.459 e. The van der Waals surface area contributed by atoms with Gasteiger partial charge in [0, 0.05) is 37.7 Å². The Bertz CT molecular complexity index is 1680. The topological polar surface area (TPSA) is 119 Å². The smallest absolute Gasteiger partial charge is 0.410 e. The number of aliphatic hydroxyl groups excluding tert-OH is 2. The zero-order valence-corrected chi connectivity index (χ0v) is 34.1. The summed E-state index contributed by atoms with van der Waals surface area (Å²) in [6, 6.07) is 11.5. The Balaban J connectivity index is 1.75. The minimum atomic E-state index is -1.33. The molecule has 0 radical (unpaired) electrons. The third-order valence-corrected chi connectivity index (χ3v) is 11.3. The standard InChI is InChI=1S/C45H64N2O8/c1-9-21-47(43(50)52-29-44(5,6)7)40-28-38(46-51-8)36-26-32(15-11-13-22-48)35(16-12-14-23-49)41-37-27-34(54-33-18-17-30(3)31(4)25-33)19-20-39(37)55-45(40,42(36)41)53-24-10-2/h10,17-20,25-27,32,35,40-42,48-49H,2,9,11-16,21-24,28-29H2,1,3-8H3. The molecule has 0 saturated heterocycles. The molecule has 0 aromatic heterocycles. The summed E-state index contributed by atoms with van der Waals surface area (Å²) < 4.78 is 26.8. The van der Waals surface area contributed by atoms with E-state index in [4.69, 9.17) is 23.8 Å². The van der Waals surface area contributed by atoms with Gasteiger partial charge in [0.25, 0.3) is 0 Å². The number of aliphatic hydroxyl groups is 2. The van der Waals surface area contributed by atoms with E-state index in [2.05, 4.69) is 49.9 Å². The molecule has 10 heteroatoms. The van der Waals surface area contributed by atoms with Gasteiger partial charge in [0.2, 0.25) is 5.79 Å². The molecule has 0 bridgehead atoms. The van der Waals surface area contributed by atoms with Gasteiger partial charge in [-0.3, -0.25) is 4.90 Å². The Morgan fingerprint density at radius 2 is 1.75 bits per heavy atom. The zero-order valence-electron chi connectivity index (χ0n) is 34.1. The number of hydrogen-bond acceptors (Lipinski definition) is 9. The van der Waals surface area contributed by atoms with Crippen molar-refractivity contribution < 1.29 is 38.8 Å². The van der Waals surface area contributed by atoms with Crippen molar-refractivity contribution in [2.45, 2.75) is 111 Å². The fourth-order valence-corrected chi connectivity index (χ4v) is 8.71. The van der Waals surface area contributed by atoms with Crippen molar-refractivity contribution >= 4 is 11.8 Å². The predicted molar refractivity (Wildman–Crippen MR) is 216 cm³/mol. The van der Waals surface area contributed by atoms with Gasteiger partial charge in [-0.1, -0.05) is 63.9 Å². The number of nitrogens with zero attached hydrogens (tertiary/aromatic N) is 2. The summed E-state index contributed by atoms with van der Waals surface area (Å²) in [4.78, 5) is 21.6. The number of unbranched alkanes of at least 4 members (excludes halogenated alkanes) is 2. The molecule has 1 saturated carbocycles. The Labute approximate surface area is 328 Å². The number of carbonyl (C=O) groups is 1. The summed E-state index contributed by atoms with van der Waals surface area (Å²) in [5.74, 6) is 0.505. The lowest BCUT2D eigenvalue weighted by atomic mass is 9.55. The Kier molecular flexibility index (Phi) is 14.5. The minimum absolute atomic E-state index is 0.111. The van der Waals surface area contributed by atoms with E-state index in [1.54, 1.807) is 18.1 Å². The summed E-state index contributed by atoms with van der Waals surface area (Å²) in [5.41, 5.74) is 4.86. The number of benzene rings is 2. The van der Waals surface area contributed by atoms with Crippen LogP contribution in [0.5, 0.6) is 17.2 Å². The maximum absolute atomic E-state index is 14.3. The number of ether oxygens (including phenoxy) is 4. The van der Waals surface area contributed by atoms with E-state index in [0.717, 1.165) is 53.8 Å². The van der Waals surface area contributed by atoms with Crippen LogP contribution in [-0.4, -0.2) is 78.8 Å². The fourth-order valence-electron chi connectivity index (χ4n) is 8.71. The van der Waals surface area contributed by atoms with Crippen LogP contribution in [0.1, 0.15) is 102 Å². The van der Waals surface area contributed by atoms with E-state index in [1.807, 2.05) is 45.9 Å². The van der Waals surface area contributed by atoms with Gasteiger partial charge in [0.05, 0.1) is 24.8 Å². The van der Waals surface area contributed by atoms with Crippen LogP contribution in [-0.2, 0) is 14.3 Å². The van der Waals surface area contributed by atoms with Gasteiger partial charge in [-0.05, 0) is 110 Å². The zero-order chi connectivity index (χ0) is 39.8. The second-order valence-electron chi connectivity index (χ2n) is 16.6. The predicted octanol–water partition coefficient (Wildman–Crippen LogP) is 9.25. The van der Waals surface area contributed by atoms with Gasteiger partial charge >= 0.3 is 6.09 Å². The minimum Gasteiger partial charge on any atom is -0.459 e. The van der Waals surface area contributed by atoms with Crippen LogP contribution in [0.2, 0.25) is 0 Å². The highest BCUT2D eigenvalue weighted by atomic mass is 16.7. The molecule has 2 aromatic rings. The highest BCUT2D eigenvalue weighted by molar-refractivity contribution is 6.02. The van der Waals surface area contributed by atoms with Crippen molar-refractivity contribution in [1.29, 1.82) is 0 Å². The molecule has 2 N–H and O–H groups in total. The first-order valence-corrected chi connectivity index (χ1v) is 20.2. The number of allylic oxidation sites excluding steroid dienone is 1. The molecular weight excluding hydrogens is 697 g/mol. The number of aryl methyl sites for hydroxylation is 2. The number of amides is 1. The van der Waals surface area contributed by atoms with Crippen LogP contribution in [0.4, 0.5) is 4.79 Å². The molecule has 1 fully saturated rings. The number of fused-ring (bicyclic) bond motifs is 2. The van der Waals surface area contributed by atoms with Crippen LogP contribution in [0.3, 0.4) is 0 Å². The first-order valence-electron chi connectivity index (χ1n) is 20.2. The summed E-state index contributed by atoms with van der Waals surface area (Å²) in [5, 5.41) is 24.4. The summed E-state index contributed by atoms with van der Waals surface area (Å²) in [6.07, 6.45) is 9.48. The highest BCUT2D eigenvalue weighted by Gasteiger charge is 2.65. The quantitative estimate of drug-likeness (QED) is 0.0877. The third-order valence-electron chi connectivity index (χ3n) is 11.3. The van der Waals surface area contributed by atoms with Gasteiger partial charge in [0.1, 0.15) is 30.4 Å². The van der Waals surface area contributed by atoms with E-state index < -0.39 is 23.8 Å². The first-order chi connectivity index (χ1) is 26.4. The molecule has 0 spiro atoms. The van der Waals surface area contributed by atoms with E-state index in [9.17, 15) is 15.0 Å². The van der Waals surface area contributed by atoms with E-state index in [1.165, 1.54) is 5.56 Å². The van der Waals surface area contributed by atoms with Gasteiger partial charge in [0.15, 0.2) is 0 Å². The van der Waals surface area contributed by atoms with Crippen LogP contribution in [0, 0.1) is 37.0 Å². The van der Waals surface area contributed by atoms with Crippen molar-refractivity contribution in [2.75, 3.05) is 40.1 Å². The maximum atomic E-state index is 14.3. The Morgan fingerprint density at radius 1 is 1.04 bits per heavy atom. The molecule has 5 rings (SSSR count). The number of carbonyl (C=O) groups excluding carboxylic acids is 1. The van der Waals surface area contributed by atoms with Crippen molar-refractivity contribution in [3.05, 3.63) is 77.4 Å². The maximum Gasteiger partial charge on any atom is 0.410 e. The van der Waals surface area contributed by atoms with Crippen molar-refractivity contribution in [1.82, 2.24) is 4.90 Å². The Hall–Kier alpha value is -3.86. The molecule has 302 valence electrons. The van der Waals surface area contributed by atoms with E-state index >= 15 is 0 Å². The van der Waals surface area contributed by atoms with Gasteiger partial charge in [-0.25, -0.2) is 4.79 Å². The number of hydrogen-bond donors (Lipinski definition) is 2. The van der Waals surface area contributed by atoms with E-state index in [-0.39, 0.29) is 49.6 Å². The lowest BCUT2D eigenvalue weighted by Gasteiger charge is -2.60. The summed E-state index contributed by atoms with van der Waals surface area (Å²) >= 11 is 0. The van der Waals surface area contributed by atoms with Gasteiger partial charge in [-0.15, -0.1) is 6.58 Å². The lowest BCUT2D eigenvalue weighted by molar-refractivity contribution is -0.255. The van der Waals surface area contributed by atoms with Gasteiger partial charge in [-0.2, -0.15) is 0 Å². The molecule has 6 atom stereocenters. The molecule has 1 heterocycles. The van der Waals surface area contributed by atoms with Crippen molar-refractivity contribution in [2.24, 2.45) is 28.3 Å². The Morgan fingerprint density at radius 3 is 2.40 bits per heavy atom. The molecule has 1 amide bonds. The monoisotopic (exact) mass is 760 g/mol. The SMILES string of the molecule is C=CCOC12Oc3ccc(Oc4ccc(C)c(C)c4)cc3C3C(CCCCO)C(CCCCO)C=C(C(=NOC)CC1N(CCC)C(=O)OCC(C)(C)C)C32. The molecular formula is C45H64N2O8. The second-order valence-corrected chi connectivity index (χ2v) is 16.6. The van der Waals surface area contributed by atoms with Crippen molar-refractivity contribution in [3.63, 3.8) is 0 Å². The van der Waals surface area contributed by atoms with Crippen LogP contribution >= 0.6 is 0 Å². The second kappa shape index (κ2) is 18.9. The van der Waals surface area contributed by atoms with E-state index in [0.29, 0.717) is 43.7 Å². The molecule has 2 aliphatic carbocycles. The molecule has 55 heavy (non-hydrogen) atoms.